The van der Waals surface area contributed by atoms with Gasteiger partial charge < -0.3 is 5.32 Å². The number of alkyl halides is 1. The number of halogens is 1. The zero-order valence-electron chi connectivity index (χ0n) is 6.97. The fourth-order valence-corrected chi connectivity index (χ4v) is 2.22. The summed E-state index contributed by atoms with van der Waals surface area (Å²) in [6.07, 6.45) is 3.01. The van der Waals surface area contributed by atoms with Crippen molar-refractivity contribution in [3.63, 3.8) is 0 Å². The van der Waals surface area contributed by atoms with Gasteiger partial charge in [-0.05, 0) is 19.4 Å². The predicted molar refractivity (Wildman–Crippen MR) is 58.7 cm³/mol. The second-order valence-corrected chi connectivity index (χ2v) is 5.65. The highest BCUT2D eigenvalue weighted by Crippen LogP contribution is 2.40. The van der Waals surface area contributed by atoms with Crippen molar-refractivity contribution in [1.29, 1.82) is 0 Å². The standard InChI is InChI=1S/C9H11IN2/c1-9(10)4-6-12-8-7(9)3-2-5-11-8/h2-3,5H,4,6H2,1H3,(H,11,12). The second-order valence-electron chi connectivity index (χ2n) is 3.27. The lowest BCUT2D eigenvalue weighted by molar-refractivity contribution is 0.649. The summed E-state index contributed by atoms with van der Waals surface area (Å²) >= 11 is 2.50. The SMILES string of the molecule is CC1(I)CCNc2ncccc21. The number of aromatic nitrogens is 1. The molecule has 0 bridgehead atoms. The maximum atomic E-state index is 4.30. The van der Waals surface area contributed by atoms with Crippen molar-refractivity contribution in [2.45, 2.75) is 16.8 Å². The van der Waals surface area contributed by atoms with Crippen LogP contribution in [0.3, 0.4) is 0 Å². The molecule has 3 heteroatoms. The Labute approximate surface area is 85.9 Å². The molecule has 0 saturated heterocycles. The van der Waals surface area contributed by atoms with Crippen LogP contribution in [0.1, 0.15) is 18.9 Å². The summed E-state index contributed by atoms with van der Waals surface area (Å²) in [5, 5.41) is 3.30. The average Bonchev–Trinajstić information content (AvgIpc) is 2.04. The summed E-state index contributed by atoms with van der Waals surface area (Å²) in [6, 6.07) is 4.16. The molecule has 1 atom stereocenters. The largest absolute Gasteiger partial charge is 0.370 e. The van der Waals surface area contributed by atoms with Crippen LogP contribution in [0.4, 0.5) is 5.82 Å². The van der Waals surface area contributed by atoms with E-state index < -0.39 is 0 Å². The molecule has 64 valence electrons. The van der Waals surface area contributed by atoms with Crippen LogP contribution in [0.5, 0.6) is 0 Å². The fourth-order valence-electron chi connectivity index (χ4n) is 1.52. The zero-order valence-corrected chi connectivity index (χ0v) is 9.13. The Kier molecular flexibility index (Phi) is 1.98. The highest BCUT2D eigenvalue weighted by Gasteiger charge is 2.29. The normalized spacial score (nSPS) is 27.5. The summed E-state index contributed by atoms with van der Waals surface area (Å²) in [4.78, 5) is 4.30. The fraction of sp³-hybridized carbons (Fsp3) is 0.444. The molecule has 0 spiro atoms. The first-order valence-electron chi connectivity index (χ1n) is 4.08. The lowest BCUT2D eigenvalue weighted by atomic mass is 9.95. The van der Waals surface area contributed by atoms with Crippen molar-refractivity contribution in [3.8, 4) is 0 Å². The Morgan fingerprint density at radius 1 is 1.67 bits per heavy atom. The Balaban J connectivity index is 2.52. The molecule has 1 aromatic rings. The molecule has 1 unspecified atom stereocenters. The minimum Gasteiger partial charge on any atom is -0.370 e. The quantitative estimate of drug-likeness (QED) is 0.581. The van der Waals surface area contributed by atoms with Gasteiger partial charge >= 0.3 is 0 Å². The van der Waals surface area contributed by atoms with Gasteiger partial charge in [0.15, 0.2) is 0 Å². The van der Waals surface area contributed by atoms with E-state index in [-0.39, 0.29) is 3.42 Å². The topological polar surface area (TPSA) is 24.9 Å². The van der Waals surface area contributed by atoms with Crippen LogP contribution in [-0.2, 0) is 3.42 Å². The van der Waals surface area contributed by atoms with E-state index >= 15 is 0 Å². The number of hydrogen-bond acceptors (Lipinski definition) is 2. The Morgan fingerprint density at radius 2 is 2.50 bits per heavy atom. The third-order valence-electron chi connectivity index (χ3n) is 2.26. The molecule has 1 aromatic heterocycles. The van der Waals surface area contributed by atoms with E-state index in [4.69, 9.17) is 0 Å². The molecule has 0 aromatic carbocycles. The van der Waals surface area contributed by atoms with Gasteiger partial charge in [-0.2, -0.15) is 0 Å². The van der Waals surface area contributed by atoms with E-state index in [0.29, 0.717) is 0 Å². The molecule has 0 amide bonds. The third-order valence-corrected chi connectivity index (χ3v) is 3.38. The highest BCUT2D eigenvalue weighted by molar-refractivity contribution is 14.1. The Hall–Kier alpha value is -0.320. The lowest BCUT2D eigenvalue weighted by Crippen LogP contribution is -2.26. The Bertz CT molecular complexity index is 296. The van der Waals surface area contributed by atoms with Gasteiger partial charge in [-0.1, -0.05) is 28.7 Å². The summed E-state index contributed by atoms with van der Waals surface area (Å²) in [5.74, 6) is 1.06. The van der Waals surface area contributed by atoms with Gasteiger partial charge in [-0.25, -0.2) is 4.98 Å². The number of fused-ring (bicyclic) bond motifs is 1. The first-order valence-corrected chi connectivity index (χ1v) is 5.16. The maximum Gasteiger partial charge on any atom is 0.130 e. The zero-order chi connectivity index (χ0) is 8.60. The van der Waals surface area contributed by atoms with E-state index in [9.17, 15) is 0 Å². The van der Waals surface area contributed by atoms with Crippen molar-refractivity contribution < 1.29 is 0 Å². The summed E-state index contributed by atoms with van der Waals surface area (Å²) < 4.78 is 0.257. The molecule has 0 saturated carbocycles. The molecule has 1 aliphatic heterocycles. The second kappa shape index (κ2) is 2.87. The number of rotatable bonds is 0. The lowest BCUT2D eigenvalue weighted by Gasteiger charge is -2.30. The van der Waals surface area contributed by atoms with Crippen LogP contribution in [-0.4, -0.2) is 11.5 Å². The summed E-state index contributed by atoms with van der Waals surface area (Å²) in [5.41, 5.74) is 1.33. The first kappa shape index (κ1) is 8.29. The Morgan fingerprint density at radius 3 is 3.25 bits per heavy atom. The van der Waals surface area contributed by atoms with Gasteiger partial charge in [0, 0.05) is 21.7 Å². The monoisotopic (exact) mass is 274 g/mol. The average molecular weight is 274 g/mol. The molecule has 0 fully saturated rings. The molecular formula is C9H11IN2. The van der Waals surface area contributed by atoms with Crippen molar-refractivity contribution in [1.82, 2.24) is 4.98 Å². The molecule has 2 rings (SSSR count). The van der Waals surface area contributed by atoms with E-state index in [0.717, 1.165) is 12.4 Å². The van der Waals surface area contributed by atoms with Crippen LogP contribution in [0, 0.1) is 0 Å². The number of hydrogen-bond donors (Lipinski definition) is 1. The van der Waals surface area contributed by atoms with Crippen molar-refractivity contribution in [2.24, 2.45) is 0 Å². The minimum atomic E-state index is 0.257. The van der Waals surface area contributed by atoms with Crippen LogP contribution < -0.4 is 5.32 Å². The number of nitrogens with zero attached hydrogens (tertiary/aromatic N) is 1. The van der Waals surface area contributed by atoms with Crippen LogP contribution in [0.25, 0.3) is 0 Å². The summed E-state index contributed by atoms with van der Waals surface area (Å²) in [6.45, 7) is 3.29. The molecule has 1 aliphatic rings. The third kappa shape index (κ3) is 1.30. The predicted octanol–water partition coefficient (Wildman–Crippen LogP) is 2.55. The van der Waals surface area contributed by atoms with Crippen molar-refractivity contribution in [3.05, 3.63) is 23.9 Å². The van der Waals surface area contributed by atoms with Crippen molar-refractivity contribution >= 4 is 28.4 Å². The van der Waals surface area contributed by atoms with Gasteiger partial charge in [0.25, 0.3) is 0 Å². The molecule has 1 N–H and O–H groups in total. The van der Waals surface area contributed by atoms with Gasteiger partial charge in [0.1, 0.15) is 5.82 Å². The molecule has 0 radical (unpaired) electrons. The molecular weight excluding hydrogens is 263 g/mol. The van der Waals surface area contributed by atoms with Crippen LogP contribution >= 0.6 is 22.6 Å². The minimum absolute atomic E-state index is 0.257. The van der Waals surface area contributed by atoms with E-state index in [1.807, 2.05) is 12.3 Å². The number of pyridine rings is 1. The highest BCUT2D eigenvalue weighted by atomic mass is 127. The molecule has 2 nitrogen and oxygen atoms in total. The van der Waals surface area contributed by atoms with Gasteiger partial charge in [-0.15, -0.1) is 0 Å². The van der Waals surface area contributed by atoms with Crippen LogP contribution in [0.2, 0.25) is 0 Å². The summed E-state index contributed by atoms with van der Waals surface area (Å²) in [7, 11) is 0. The van der Waals surface area contributed by atoms with E-state index in [1.54, 1.807) is 0 Å². The molecule has 12 heavy (non-hydrogen) atoms. The molecule has 0 aliphatic carbocycles. The maximum absolute atomic E-state index is 4.30. The smallest absolute Gasteiger partial charge is 0.130 e. The molecule has 2 heterocycles. The number of nitrogens with one attached hydrogen (secondary N) is 1. The van der Waals surface area contributed by atoms with E-state index in [2.05, 4.69) is 45.9 Å². The van der Waals surface area contributed by atoms with Crippen LogP contribution in [0.15, 0.2) is 18.3 Å². The van der Waals surface area contributed by atoms with E-state index in [1.165, 1.54) is 12.0 Å². The van der Waals surface area contributed by atoms with Gasteiger partial charge in [0.05, 0.1) is 0 Å². The van der Waals surface area contributed by atoms with Gasteiger partial charge in [0.2, 0.25) is 0 Å². The van der Waals surface area contributed by atoms with Gasteiger partial charge in [-0.3, -0.25) is 0 Å². The first-order chi connectivity index (χ1) is 5.70. The number of anilines is 1. The van der Waals surface area contributed by atoms with Crippen molar-refractivity contribution in [2.75, 3.05) is 11.9 Å².